The summed E-state index contributed by atoms with van der Waals surface area (Å²) in [5, 5.41) is 3.98. The molecule has 0 fully saturated rings. The standard InChI is InChI=1S/C13H15BrN4O/c1-17(8-9-5-3-4-6-10(9)14)13(19)12-11(15)7-16-18(12)2/h3-7H,8,15H2,1-2H3. The van der Waals surface area contributed by atoms with Gasteiger partial charge in [0.25, 0.3) is 5.91 Å². The Labute approximate surface area is 120 Å². The fraction of sp³-hybridized carbons (Fsp3) is 0.231. The highest BCUT2D eigenvalue weighted by atomic mass is 79.9. The molecule has 1 heterocycles. The lowest BCUT2D eigenvalue weighted by atomic mass is 10.2. The number of halogens is 1. The number of aromatic nitrogens is 2. The van der Waals surface area contributed by atoms with E-state index < -0.39 is 0 Å². The first-order chi connectivity index (χ1) is 9.00. The first-order valence-corrected chi connectivity index (χ1v) is 6.56. The predicted molar refractivity (Wildman–Crippen MR) is 77.6 cm³/mol. The summed E-state index contributed by atoms with van der Waals surface area (Å²) in [6.45, 7) is 0.505. The average molecular weight is 323 g/mol. The summed E-state index contributed by atoms with van der Waals surface area (Å²) in [5.41, 5.74) is 7.61. The zero-order valence-electron chi connectivity index (χ0n) is 10.8. The molecule has 6 heteroatoms. The van der Waals surface area contributed by atoms with Crippen LogP contribution in [0.15, 0.2) is 34.9 Å². The molecule has 1 aromatic heterocycles. The second-order valence-electron chi connectivity index (χ2n) is 4.32. The number of rotatable bonds is 3. The van der Waals surface area contributed by atoms with Gasteiger partial charge in [0.1, 0.15) is 5.69 Å². The molecule has 5 nitrogen and oxygen atoms in total. The molecule has 2 N–H and O–H groups in total. The van der Waals surface area contributed by atoms with Gasteiger partial charge in [0.15, 0.2) is 0 Å². The highest BCUT2D eigenvalue weighted by Crippen LogP contribution is 2.19. The molecule has 0 radical (unpaired) electrons. The van der Waals surface area contributed by atoms with Crippen molar-refractivity contribution in [2.24, 2.45) is 7.05 Å². The number of carbonyl (C=O) groups is 1. The van der Waals surface area contributed by atoms with E-state index in [1.165, 1.54) is 10.9 Å². The number of hydrogen-bond donors (Lipinski definition) is 1. The zero-order valence-corrected chi connectivity index (χ0v) is 12.4. The van der Waals surface area contributed by atoms with Gasteiger partial charge in [0.05, 0.1) is 11.9 Å². The Hall–Kier alpha value is -1.82. The quantitative estimate of drug-likeness (QED) is 0.940. The number of anilines is 1. The van der Waals surface area contributed by atoms with Crippen LogP contribution in [0.5, 0.6) is 0 Å². The zero-order chi connectivity index (χ0) is 14.0. The average Bonchev–Trinajstić information content (AvgIpc) is 2.71. The number of amides is 1. The maximum Gasteiger partial charge on any atom is 0.274 e. The fourth-order valence-electron chi connectivity index (χ4n) is 1.85. The van der Waals surface area contributed by atoms with E-state index in [9.17, 15) is 4.79 Å². The lowest BCUT2D eigenvalue weighted by Gasteiger charge is -2.18. The minimum Gasteiger partial charge on any atom is -0.396 e. The Bertz CT molecular complexity index is 589. The summed E-state index contributed by atoms with van der Waals surface area (Å²) >= 11 is 3.47. The molecular weight excluding hydrogens is 308 g/mol. The number of carbonyl (C=O) groups excluding carboxylic acids is 1. The molecule has 0 aliphatic carbocycles. The molecule has 0 saturated heterocycles. The van der Waals surface area contributed by atoms with Crippen molar-refractivity contribution >= 4 is 27.5 Å². The highest BCUT2D eigenvalue weighted by Gasteiger charge is 2.19. The van der Waals surface area contributed by atoms with E-state index in [-0.39, 0.29) is 5.91 Å². The van der Waals surface area contributed by atoms with Crippen molar-refractivity contribution in [1.29, 1.82) is 0 Å². The number of nitrogens with two attached hydrogens (primary N) is 1. The van der Waals surface area contributed by atoms with Crippen molar-refractivity contribution in [2.75, 3.05) is 12.8 Å². The third-order valence-corrected chi connectivity index (χ3v) is 3.66. The van der Waals surface area contributed by atoms with Gasteiger partial charge in [-0.25, -0.2) is 0 Å². The van der Waals surface area contributed by atoms with Crippen LogP contribution in [-0.4, -0.2) is 27.6 Å². The smallest absolute Gasteiger partial charge is 0.274 e. The summed E-state index contributed by atoms with van der Waals surface area (Å²) in [6.07, 6.45) is 1.49. The number of nitrogen functional groups attached to an aromatic ring is 1. The highest BCUT2D eigenvalue weighted by molar-refractivity contribution is 9.10. The Morgan fingerprint density at radius 1 is 1.47 bits per heavy atom. The Balaban J connectivity index is 2.19. The number of nitrogens with zero attached hydrogens (tertiary/aromatic N) is 3. The molecule has 0 aliphatic rings. The summed E-state index contributed by atoms with van der Waals surface area (Å²) in [6, 6.07) is 7.80. The first kappa shape index (κ1) is 13.6. The van der Waals surface area contributed by atoms with Crippen LogP contribution in [0.3, 0.4) is 0 Å². The van der Waals surface area contributed by atoms with Gasteiger partial charge in [0.2, 0.25) is 0 Å². The first-order valence-electron chi connectivity index (χ1n) is 5.77. The SMILES string of the molecule is CN(Cc1ccccc1Br)C(=O)c1c(N)cnn1C. The van der Waals surface area contributed by atoms with E-state index in [1.54, 1.807) is 19.0 Å². The van der Waals surface area contributed by atoms with Crippen molar-refractivity contribution in [3.05, 3.63) is 46.2 Å². The van der Waals surface area contributed by atoms with Crippen molar-refractivity contribution in [3.63, 3.8) is 0 Å². The monoisotopic (exact) mass is 322 g/mol. The lowest BCUT2D eigenvalue weighted by molar-refractivity contribution is 0.0775. The second-order valence-corrected chi connectivity index (χ2v) is 5.18. The van der Waals surface area contributed by atoms with Gasteiger partial charge >= 0.3 is 0 Å². The summed E-state index contributed by atoms with van der Waals surface area (Å²) in [7, 11) is 3.45. The molecule has 0 bridgehead atoms. The second kappa shape index (κ2) is 5.44. The van der Waals surface area contributed by atoms with Crippen LogP contribution in [-0.2, 0) is 13.6 Å². The van der Waals surface area contributed by atoms with Crippen LogP contribution in [0.4, 0.5) is 5.69 Å². The van der Waals surface area contributed by atoms with Crippen molar-refractivity contribution in [1.82, 2.24) is 14.7 Å². The number of hydrogen-bond acceptors (Lipinski definition) is 3. The number of benzene rings is 1. The van der Waals surface area contributed by atoms with E-state index in [0.717, 1.165) is 10.0 Å². The van der Waals surface area contributed by atoms with Crippen LogP contribution < -0.4 is 5.73 Å². The summed E-state index contributed by atoms with van der Waals surface area (Å²) < 4.78 is 2.47. The fourth-order valence-corrected chi connectivity index (χ4v) is 2.26. The van der Waals surface area contributed by atoms with Crippen LogP contribution >= 0.6 is 15.9 Å². The van der Waals surface area contributed by atoms with E-state index in [0.29, 0.717) is 17.9 Å². The maximum absolute atomic E-state index is 12.3. The lowest BCUT2D eigenvalue weighted by Crippen LogP contribution is -2.28. The normalized spacial score (nSPS) is 10.5. The van der Waals surface area contributed by atoms with Gasteiger partial charge in [-0.05, 0) is 11.6 Å². The van der Waals surface area contributed by atoms with E-state index in [1.807, 2.05) is 24.3 Å². The molecule has 1 aromatic carbocycles. The number of aryl methyl sites for hydroxylation is 1. The third-order valence-electron chi connectivity index (χ3n) is 2.88. The Morgan fingerprint density at radius 3 is 2.74 bits per heavy atom. The predicted octanol–water partition coefficient (Wildman–Crippen LogP) is 2.04. The molecule has 19 heavy (non-hydrogen) atoms. The minimum atomic E-state index is -0.145. The molecule has 2 rings (SSSR count). The van der Waals surface area contributed by atoms with Gasteiger partial charge < -0.3 is 10.6 Å². The van der Waals surface area contributed by atoms with Crippen LogP contribution in [0.1, 0.15) is 16.1 Å². The molecule has 0 atom stereocenters. The maximum atomic E-state index is 12.3. The van der Waals surface area contributed by atoms with Crippen molar-refractivity contribution < 1.29 is 4.79 Å². The Kier molecular flexibility index (Phi) is 3.90. The largest absolute Gasteiger partial charge is 0.396 e. The Morgan fingerprint density at radius 2 is 2.16 bits per heavy atom. The molecule has 0 saturated carbocycles. The molecule has 0 spiro atoms. The molecule has 0 unspecified atom stereocenters. The summed E-state index contributed by atoms with van der Waals surface area (Å²) in [4.78, 5) is 14.0. The van der Waals surface area contributed by atoms with Crippen LogP contribution in [0, 0.1) is 0 Å². The summed E-state index contributed by atoms with van der Waals surface area (Å²) in [5.74, 6) is -0.145. The van der Waals surface area contributed by atoms with Crippen LogP contribution in [0.2, 0.25) is 0 Å². The van der Waals surface area contributed by atoms with Gasteiger partial charge in [-0.3, -0.25) is 9.48 Å². The van der Waals surface area contributed by atoms with Crippen molar-refractivity contribution in [3.8, 4) is 0 Å². The molecule has 2 aromatic rings. The molecular formula is C13H15BrN4O. The van der Waals surface area contributed by atoms with Gasteiger partial charge in [-0.1, -0.05) is 34.1 Å². The molecule has 1 amide bonds. The van der Waals surface area contributed by atoms with Gasteiger partial charge in [-0.2, -0.15) is 5.10 Å². The molecule has 100 valence electrons. The minimum absolute atomic E-state index is 0.145. The van der Waals surface area contributed by atoms with E-state index in [2.05, 4.69) is 21.0 Å². The third kappa shape index (κ3) is 2.78. The van der Waals surface area contributed by atoms with E-state index in [4.69, 9.17) is 5.73 Å². The topological polar surface area (TPSA) is 64.2 Å². The van der Waals surface area contributed by atoms with Crippen LogP contribution in [0.25, 0.3) is 0 Å². The van der Waals surface area contributed by atoms with E-state index >= 15 is 0 Å². The molecule has 0 aliphatic heterocycles. The van der Waals surface area contributed by atoms with Gasteiger partial charge in [0, 0.05) is 25.1 Å². The van der Waals surface area contributed by atoms with Crippen molar-refractivity contribution in [2.45, 2.75) is 6.54 Å². The van der Waals surface area contributed by atoms with Gasteiger partial charge in [-0.15, -0.1) is 0 Å².